The number of hydrogen-bond donors (Lipinski definition) is 2. The van der Waals surface area contributed by atoms with Gasteiger partial charge in [0.2, 0.25) is 5.91 Å². The SMILES string of the molecule is CC(C)(C)Sc1cc2c(cc1Br)C(N)C(=O)N2. The fraction of sp³-hybridized carbons (Fsp3) is 0.417. The Morgan fingerprint density at radius 1 is 1.41 bits per heavy atom. The first-order chi connectivity index (χ1) is 7.78. The van der Waals surface area contributed by atoms with Crippen LogP contribution in [0, 0.1) is 0 Å². The fourth-order valence-electron chi connectivity index (χ4n) is 1.69. The summed E-state index contributed by atoms with van der Waals surface area (Å²) in [6, 6.07) is 3.38. The number of anilines is 1. The second-order valence-corrected chi connectivity index (χ2v) is 7.77. The van der Waals surface area contributed by atoms with Gasteiger partial charge in [-0.1, -0.05) is 20.8 Å². The summed E-state index contributed by atoms with van der Waals surface area (Å²) in [6.45, 7) is 6.46. The average Bonchev–Trinajstić information content (AvgIpc) is 2.43. The third kappa shape index (κ3) is 2.67. The van der Waals surface area contributed by atoms with E-state index >= 15 is 0 Å². The molecule has 1 aromatic carbocycles. The summed E-state index contributed by atoms with van der Waals surface area (Å²) in [5.74, 6) is -0.134. The first-order valence-electron chi connectivity index (χ1n) is 5.37. The van der Waals surface area contributed by atoms with E-state index < -0.39 is 6.04 Å². The highest BCUT2D eigenvalue weighted by atomic mass is 79.9. The number of amides is 1. The van der Waals surface area contributed by atoms with Crippen LogP contribution < -0.4 is 11.1 Å². The van der Waals surface area contributed by atoms with Crippen LogP contribution in [0.15, 0.2) is 21.5 Å². The number of benzene rings is 1. The van der Waals surface area contributed by atoms with Crippen LogP contribution in [0.1, 0.15) is 32.4 Å². The molecule has 92 valence electrons. The zero-order valence-electron chi connectivity index (χ0n) is 10.0. The molecule has 5 heteroatoms. The van der Waals surface area contributed by atoms with Gasteiger partial charge in [0, 0.05) is 25.4 Å². The Kier molecular flexibility index (Phi) is 3.27. The second kappa shape index (κ2) is 4.30. The fourth-order valence-corrected chi connectivity index (χ4v) is 3.29. The maximum atomic E-state index is 11.5. The van der Waals surface area contributed by atoms with Gasteiger partial charge in [-0.2, -0.15) is 0 Å². The quantitative estimate of drug-likeness (QED) is 0.782. The van der Waals surface area contributed by atoms with Gasteiger partial charge in [-0.25, -0.2) is 0 Å². The number of rotatable bonds is 1. The lowest BCUT2D eigenvalue weighted by Crippen LogP contribution is -2.19. The van der Waals surface area contributed by atoms with E-state index in [4.69, 9.17) is 5.73 Å². The number of carbonyl (C=O) groups is 1. The van der Waals surface area contributed by atoms with Crippen molar-refractivity contribution in [3.8, 4) is 0 Å². The lowest BCUT2D eigenvalue weighted by Gasteiger charge is -2.19. The van der Waals surface area contributed by atoms with Crippen molar-refractivity contribution in [2.45, 2.75) is 36.5 Å². The third-order valence-corrected chi connectivity index (χ3v) is 4.48. The summed E-state index contributed by atoms with van der Waals surface area (Å²) in [6.07, 6.45) is 0. The second-order valence-electron chi connectivity index (χ2n) is 5.05. The Morgan fingerprint density at radius 3 is 2.65 bits per heavy atom. The molecule has 2 rings (SSSR count). The Labute approximate surface area is 114 Å². The highest BCUT2D eigenvalue weighted by Gasteiger charge is 2.28. The van der Waals surface area contributed by atoms with Crippen molar-refractivity contribution in [3.63, 3.8) is 0 Å². The van der Waals surface area contributed by atoms with Crippen molar-refractivity contribution >= 4 is 39.3 Å². The first kappa shape index (κ1) is 12.9. The topological polar surface area (TPSA) is 55.1 Å². The standard InChI is InChI=1S/C12H15BrN2OS/c1-12(2,3)17-9-5-8-6(4-7(9)13)10(14)11(16)15-8/h4-5,10H,14H2,1-3H3,(H,15,16). The molecule has 1 aliphatic rings. The van der Waals surface area contributed by atoms with Gasteiger partial charge in [-0.15, -0.1) is 11.8 Å². The molecular formula is C12H15BrN2OS. The van der Waals surface area contributed by atoms with Gasteiger partial charge in [-0.05, 0) is 28.1 Å². The molecule has 0 bridgehead atoms. The molecule has 0 radical (unpaired) electrons. The summed E-state index contributed by atoms with van der Waals surface area (Å²) in [7, 11) is 0. The molecule has 17 heavy (non-hydrogen) atoms. The molecule has 0 aromatic heterocycles. The zero-order chi connectivity index (χ0) is 12.8. The molecule has 0 saturated carbocycles. The van der Waals surface area contributed by atoms with Gasteiger partial charge in [0.1, 0.15) is 6.04 Å². The maximum Gasteiger partial charge on any atom is 0.245 e. The van der Waals surface area contributed by atoms with Crippen LogP contribution >= 0.6 is 27.7 Å². The minimum absolute atomic E-state index is 0.126. The lowest BCUT2D eigenvalue weighted by molar-refractivity contribution is -0.116. The summed E-state index contributed by atoms with van der Waals surface area (Å²) in [5, 5.41) is 2.80. The van der Waals surface area contributed by atoms with Crippen LogP contribution in [0.5, 0.6) is 0 Å². The Balaban J connectivity index is 2.40. The number of carbonyl (C=O) groups excluding carboxylic acids is 1. The lowest BCUT2D eigenvalue weighted by atomic mass is 10.1. The van der Waals surface area contributed by atoms with Gasteiger partial charge in [0.05, 0.1) is 0 Å². The van der Waals surface area contributed by atoms with E-state index in [-0.39, 0.29) is 10.7 Å². The third-order valence-electron chi connectivity index (χ3n) is 2.40. The van der Waals surface area contributed by atoms with Crippen molar-refractivity contribution in [2.24, 2.45) is 5.73 Å². The van der Waals surface area contributed by atoms with Crippen LogP contribution in [0.3, 0.4) is 0 Å². The molecule has 0 aliphatic carbocycles. The number of nitrogens with two attached hydrogens (primary N) is 1. The predicted octanol–water partition coefficient (Wildman–Crippen LogP) is 3.29. The van der Waals surface area contributed by atoms with E-state index in [1.54, 1.807) is 11.8 Å². The van der Waals surface area contributed by atoms with E-state index in [0.717, 1.165) is 20.6 Å². The number of thioether (sulfide) groups is 1. The van der Waals surface area contributed by atoms with Crippen molar-refractivity contribution in [1.29, 1.82) is 0 Å². The molecule has 1 atom stereocenters. The Hall–Kier alpha value is -0.520. The van der Waals surface area contributed by atoms with Crippen LogP contribution in [-0.2, 0) is 4.79 Å². The van der Waals surface area contributed by atoms with Crippen molar-refractivity contribution in [3.05, 3.63) is 22.2 Å². The molecule has 1 heterocycles. The van der Waals surface area contributed by atoms with Crippen LogP contribution in [0.4, 0.5) is 5.69 Å². The van der Waals surface area contributed by atoms with Gasteiger partial charge in [-0.3, -0.25) is 4.79 Å². The molecule has 1 aliphatic heterocycles. The zero-order valence-corrected chi connectivity index (χ0v) is 12.4. The summed E-state index contributed by atoms with van der Waals surface area (Å²) < 4.78 is 1.12. The van der Waals surface area contributed by atoms with Crippen LogP contribution in [0.2, 0.25) is 0 Å². The van der Waals surface area contributed by atoms with E-state index in [0.29, 0.717) is 0 Å². The molecule has 3 N–H and O–H groups in total. The number of hydrogen-bond acceptors (Lipinski definition) is 3. The van der Waals surface area contributed by atoms with Crippen LogP contribution in [0.25, 0.3) is 0 Å². The molecule has 1 amide bonds. The van der Waals surface area contributed by atoms with Crippen molar-refractivity contribution in [1.82, 2.24) is 0 Å². The highest BCUT2D eigenvalue weighted by Crippen LogP contribution is 2.42. The summed E-state index contributed by atoms with van der Waals surface area (Å²) in [5.41, 5.74) is 7.49. The minimum Gasteiger partial charge on any atom is -0.324 e. The monoisotopic (exact) mass is 314 g/mol. The molecule has 0 saturated heterocycles. The molecular weight excluding hydrogens is 300 g/mol. The van der Waals surface area contributed by atoms with Gasteiger partial charge in [0.25, 0.3) is 0 Å². The van der Waals surface area contributed by atoms with E-state index in [9.17, 15) is 4.79 Å². The molecule has 1 unspecified atom stereocenters. The molecule has 3 nitrogen and oxygen atoms in total. The van der Waals surface area contributed by atoms with Crippen LogP contribution in [-0.4, -0.2) is 10.7 Å². The van der Waals surface area contributed by atoms with Gasteiger partial charge >= 0.3 is 0 Å². The first-order valence-corrected chi connectivity index (χ1v) is 6.98. The largest absolute Gasteiger partial charge is 0.324 e. The average molecular weight is 315 g/mol. The highest BCUT2D eigenvalue weighted by molar-refractivity contribution is 9.10. The summed E-state index contributed by atoms with van der Waals surface area (Å²) in [4.78, 5) is 12.6. The molecule has 1 aromatic rings. The normalized spacial score (nSPS) is 19.1. The van der Waals surface area contributed by atoms with E-state index in [2.05, 4.69) is 42.0 Å². The van der Waals surface area contributed by atoms with Crippen molar-refractivity contribution < 1.29 is 4.79 Å². The maximum absolute atomic E-state index is 11.5. The summed E-state index contributed by atoms with van der Waals surface area (Å²) >= 11 is 5.29. The molecule has 0 fully saturated rings. The number of halogens is 1. The molecule has 0 spiro atoms. The van der Waals surface area contributed by atoms with Gasteiger partial charge < -0.3 is 11.1 Å². The minimum atomic E-state index is -0.546. The van der Waals surface area contributed by atoms with Gasteiger partial charge in [0.15, 0.2) is 0 Å². The smallest absolute Gasteiger partial charge is 0.245 e. The van der Waals surface area contributed by atoms with E-state index in [1.165, 1.54) is 0 Å². The Morgan fingerprint density at radius 2 is 2.06 bits per heavy atom. The number of fused-ring (bicyclic) bond motifs is 1. The van der Waals surface area contributed by atoms with E-state index in [1.807, 2.05) is 12.1 Å². The Bertz CT molecular complexity index is 482. The number of nitrogens with one attached hydrogen (secondary N) is 1. The van der Waals surface area contributed by atoms with Crippen molar-refractivity contribution in [2.75, 3.05) is 5.32 Å². The predicted molar refractivity (Wildman–Crippen MR) is 75.3 cm³/mol.